The lowest BCUT2D eigenvalue weighted by atomic mass is 10.0. The van der Waals surface area contributed by atoms with Crippen LogP contribution in [0.2, 0.25) is 0 Å². The molecule has 1 aliphatic rings. The van der Waals surface area contributed by atoms with Crippen molar-refractivity contribution in [3.05, 3.63) is 0 Å². The molecule has 0 aliphatic carbocycles. The topological polar surface area (TPSA) is 75.8 Å². The first-order valence-corrected chi connectivity index (χ1v) is 6.64. The van der Waals surface area contributed by atoms with Crippen molar-refractivity contribution < 1.29 is 14.6 Å². The fourth-order valence-electron chi connectivity index (χ4n) is 2.23. The minimum atomic E-state index is -0.388. The Kier molecular flexibility index (Phi) is 5.56. The number of morpholine rings is 1. The van der Waals surface area contributed by atoms with E-state index in [9.17, 15) is 9.90 Å². The van der Waals surface area contributed by atoms with Gasteiger partial charge in [-0.25, -0.2) is 0 Å². The zero-order valence-electron chi connectivity index (χ0n) is 11.7. The molecule has 1 saturated heterocycles. The van der Waals surface area contributed by atoms with Crippen LogP contribution in [0.25, 0.3) is 0 Å². The summed E-state index contributed by atoms with van der Waals surface area (Å²) < 4.78 is 5.69. The predicted octanol–water partition coefficient (Wildman–Crippen LogP) is 0.360. The van der Waals surface area contributed by atoms with E-state index in [2.05, 4.69) is 0 Å². The zero-order chi connectivity index (χ0) is 13.8. The van der Waals surface area contributed by atoms with Crippen LogP contribution in [-0.4, -0.2) is 53.9 Å². The number of hydrogen-bond acceptors (Lipinski definition) is 4. The van der Waals surface area contributed by atoms with E-state index in [-0.39, 0.29) is 24.2 Å². The van der Waals surface area contributed by atoms with Gasteiger partial charge in [-0.15, -0.1) is 0 Å². The Hall–Kier alpha value is -0.650. The van der Waals surface area contributed by atoms with Crippen LogP contribution in [0.3, 0.4) is 0 Å². The summed E-state index contributed by atoms with van der Waals surface area (Å²) in [5, 5.41) is 9.20. The van der Waals surface area contributed by atoms with E-state index in [0.717, 1.165) is 6.42 Å². The van der Waals surface area contributed by atoms with Crippen LogP contribution in [0.15, 0.2) is 0 Å². The van der Waals surface area contributed by atoms with Crippen LogP contribution < -0.4 is 5.73 Å². The lowest BCUT2D eigenvalue weighted by Gasteiger charge is -2.42. The third kappa shape index (κ3) is 4.55. The van der Waals surface area contributed by atoms with Crippen LogP contribution in [0.4, 0.5) is 0 Å². The molecule has 0 aromatic rings. The molecule has 0 saturated carbocycles. The smallest absolute Gasteiger partial charge is 0.222 e. The van der Waals surface area contributed by atoms with Crippen molar-refractivity contribution in [2.75, 3.05) is 26.2 Å². The standard InChI is InChI=1S/C13H26N2O3/c1-10(6-14)4-5-12(17)15-7-11(8-16)18-13(2,3)9-15/h10-11,16H,4-9,14H2,1-3H3. The molecular formula is C13H26N2O3. The molecule has 5 heteroatoms. The highest BCUT2D eigenvalue weighted by Crippen LogP contribution is 2.22. The van der Waals surface area contributed by atoms with Gasteiger partial charge in [-0.3, -0.25) is 4.79 Å². The van der Waals surface area contributed by atoms with Crippen molar-refractivity contribution in [2.45, 2.75) is 45.3 Å². The average molecular weight is 258 g/mol. The molecule has 1 heterocycles. The molecule has 2 unspecified atom stereocenters. The number of amides is 1. The molecule has 3 N–H and O–H groups in total. The highest BCUT2D eigenvalue weighted by Gasteiger charge is 2.34. The molecule has 0 radical (unpaired) electrons. The molecule has 1 amide bonds. The molecule has 2 atom stereocenters. The van der Waals surface area contributed by atoms with E-state index in [1.165, 1.54) is 0 Å². The molecule has 0 bridgehead atoms. The summed E-state index contributed by atoms with van der Waals surface area (Å²) in [5.41, 5.74) is 5.16. The van der Waals surface area contributed by atoms with Gasteiger partial charge in [-0.2, -0.15) is 0 Å². The maximum Gasteiger partial charge on any atom is 0.222 e. The lowest BCUT2D eigenvalue weighted by Crippen LogP contribution is -2.55. The van der Waals surface area contributed by atoms with Crippen molar-refractivity contribution in [2.24, 2.45) is 11.7 Å². The molecule has 18 heavy (non-hydrogen) atoms. The third-order valence-corrected chi connectivity index (χ3v) is 3.29. The fraction of sp³-hybridized carbons (Fsp3) is 0.923. The second-order valence-electron chi connectivity index (χ2n) is 5.84. The first kappa shape index (κ1) is 15.4. The van der Waals surface area contributed by atoms with E-state index in [1.54, 1.807) is 4.90 Å². The SMILES string of the molecule is CC(CN)CCC(=O)N1CC(CO)OC(C)(C)C1. The summed E-state index contributed by atoms with van der Waals surface area (Å²) >= 11 is 0. The van der Waals surface area contributed by atoms with Gasteiger partial charge >= 0.3 is 0 Å². The van der Waals surface area contributed by atoms with Crippen LogP contribution in [0, 0.1) is 5.92 Å². The Balaban J connectivity index is 2.51. The predicted molar refractivity (Wildman–Crippen MR) is 70.1 cm³/mol. The number of nitrogens with two attached hydrogens (primary N) is 1. The quantitative estimate of drug-likeness (QED) is 0.746. The largest absolute Gasteiger partial charge is 0.394 e. The highest BCUT2D eigenvalue weighted by atomic mass is 16.5. The van der Waals surface area contributed by atoms with Gasteiger partial charge in [0.1, 0.15) is 0 Å². The van der Waals surface area contributed by atoms with Gasteiger partial charge in [0.15, 0.2) is 0 Å². The van der Waals surface area contributed by atoms with Crippen molar-refractivity contribution in [1.82, 2.24) is 4.90 Å². The maximum atomic E-state index is 12.1. The van der Waals surface area contributed by atoms with Gasteiger partial charge in [0.25, 0.3) is 0 Å². The van der Waals surface area contributed by atoms with E-state index in [0.29, 0.717) is 32.0 Å². The summed E-state index contributed by atoms with van der Waals surface area (Å²) in [6.45, 7) is 7.56. The van der Waals surface area contributed by atoms with Gasteiger partial charge in [0, 0.05) is 19.5 Å². The molecule has 1 aliphatic heterocycles. The van der Waals surface area contributed by atoms with E-state index < -0.39 is 0 Å². The van der Waals surface area contributed by atoms with E-state index in [1.807, 2.05) is 20.8 Å². The number of aliphatic hydroxyl groups excluding tert-OH is 1. The molecule has 0 aromatic carbocycles. The number of ether oxygens (including phenoxy) is 1. The molecule has 0 aromatic heterocycles. The fourth-order valence-corrected chi connectivity index (χ4v) is 2.23. The number of hydrogen-bond donors (Lipinski definition) is 2. The second kappa shape index (κ2) is 6.50. The molecule has 0 spiro atoms. The summed E-state index contributed by atoms with van der Waals surface area (Å²) in [5.74, 6) is 0.502. The Bertz CT molecular complexity index is 281. The summed E-state index contributed by atoms with van der Waals surface area (Å²) in [4.78, 5) is 13.9. The lowest BCUT2D eigenvalue weighted by molar-refractivity contribution is -0.167. The first-order valence-electron chi connectivity index (χ1n) is 6.64. The van der Waals surface area contributed by atoms with Gasteiger partial charge in [-0.1, -0.05) is 6.92 Å². The van der Waals surface area contributed by atoms with Crippen molar-refractivity contribution in [3.63, 3.8) is 0 Å². The number of rotatable bonds is 5. The van der Waals surface area contributed by atoms with Gasteiger partial charge in [0.05, 0.1) is 18.3 Å². The molecule has 1 fully saturated rings. The molecule has 1 rings (SSSR count). The monoisotopic (exact) mass is 258 g/mol. The zero-order valence-corrected chi connectivity index (χ0v) is 11.7. The number of aliphatic hydroxyl groups is 1. The minimum absolute atomic E-state index is 0.0492. The Morgan fingerprint density at radius 2 is 2.28 bits per heavy atom. The Morgan fingerprint density at radius 3 is 2.83 bits per heavy atom. The normalized spacial score (nSPS) is 24.9. The summed E-state index contributed by atoms with van der Waals surface area (Å²) in [6.07, 6.45) is 1.06. The number of carbonyl (C=O) groups is 1. The minimum Gasteiger partial charge on any atom is -0.394 e. The van der Waals surface area contributed by atoms with Crippen molar-refractivity contribution in [1.29, 1.82) is 0 Å². The van der Waals surface area contributed by atoms with E-state index in [4.69, 9.17) is 10.5 Å². The van der Waals surface area contributed by atoms with Gasteiger partial charge in [0.2, 0.25) is 5.91 Å². The highest BCUT2D eigenvalue weighted by molar-refractivity contribution is 5.76. The van der Waals surface area contributed by atoms with E-state index >= 15 is 0 Å². The Morgan fingerprint density at radius 1 is 1.61 bits per heavy atom. The summed E-state index contributed by atoms with van der Waals surface area (Å²) in [6, 6.07) is 0. The van der Waals surface area contributed by atoms with Crippen LogP contribution in [0.5, 0.6) is 0 Å². The van der Waals surface area contributed by atoms with Crippen molar-refractivity contribution >= 4 is 5.91 Å². The Labute approximate surface area is 109 Å². The number of carbonyl (C=O) groups excluding carboxylic acids is 1. The summed E-state index contributed by atoms with van der Waals surface area (Å²) in [7, 11) is 0. The molecular weight excluding hydrogens is 232 g/mol. The van der Waals surface area contributed by atoms with Crippen LogP contribution >= 0.6 is 0 Å². The van der Waals surface area contributed by atoms with Gasteiger partial charge in [-0.05, 0) is 32.7 Å². The molecule has 106 valence electrons. The van der Waals surface area contributed by atoms with Crippen molar-refractivity contribution in [3.8, 4) is 0 Å². The van der Waals surface area contributed by atoms with Crippen LogP contribution in [0.1, 0.15) is 33.6 Å². The number of nitrogens with zero attached hydrogens (tertiary/aromatic N) is 1. The first-order chi connectivity index (χ1) is 8.38. The second-order valence-corrected chi connectivity index (χ2v) is 5.84. The van der Waals surface area contributed by atoms with Gasteiger partial charge < -0.3 is 20.5 Å². The van der Waals surface area contributed by atoms with Crippen LogP contribution in [-0.2, 0) is 9.53 Å². The molecule has 5 nitrogen and oxygen atoms in total. The average Bonchev–Trinajstić information content (AvgIpc) is 2.33. The maximum absolute atomic E-state index is 12.1. The third-order valence-electron chi connectivity index (χ3n) is 3.29.